The quantitative estimate of drug-likeness (QED) is 0.890. The maximum absolute atomic E-state index is 12.8. The molecule has 0 saturated heterocycles. The highest BCUT2D eigenvalue weighted by atomic mass is 19.1. The first-order valence-electron chi connectivity index (χ1n) is 6.68. The van der Waals surface area contributed by atoms with Gasteiger partial charge in [0.1, 0.15) is 5.82 Å². The van der Waals surface area contributed by atoms with Crippen molar-refractivity contribution in [3.8, 4) is 0 Å². The Balaban J connectivity index is 1.92. The van der Waals surface area contributed by atoms with Crippen LogP contribution in [-0.4, -0.2) is 24.5 Å². The van der Waals surface area contributed by atoms with Gasteiger partial charge in [-0.1, -0.05) is 25.5 Å². The number of hydrogen-bond acceptors (Lipinski definition) is 2. The third-order valence-corrected chi connectivity index (χ3v) is 4.16. The lowest BCUT2D eigenvalue weighted by Crippen LogP contribution is -2.42. The van der Waals surface area contributed by atoms with Crippen LogP contribution in [-0.2, 0) is 6.54 Å². The van der Waals surface area contributed by atoms with E-state index in [0.29, 0.717) is 6.04 Å². The number of nitrogens with two attached hydrogens (primary N) is 1. The minimum absolute atomic E-state index is 0.175. The standard InChI is InChI=1S/C15H23FN2/c1-15(9-3-4-14(15)17)11-18(2)10-12-5-7-13(16)8-6-12/h5-8,14H,3-4,9-11,17H2,1-2H3. The summed E-state index contributed by atoms with van der Waals surface area (Å²) in [7, 11) is 2.11. The molecule has 1 aliphatic rings. The Bertz CT molecular complexity index is 390. The number of halogens is 1. The average molecular weight is 250 g/mol. The van der Waals surface area contributed by atoms with Crippen LogP contribution in [0.15, 0.2) is 24.3 Å². The van der Waals surface area contributed by atoms with Gasteiger partial charge in [-0.3, -0.25) is 0 Å². The summed E-state index contributed by atoms with van der Waals surface area (Å²) in [5, 5.41) is 0. The first-order chi connectivity index (χ1) is 8.49. The Kier molecular flexibility index (Phi) is 4.03. The van der Waals surface area contributed by atoms with Crippen LogP contribution in [0.4, 0.5) is 4.39 Å². The van der Waals surface area contributed by atoms with Gasteiger partial charge in [-0.2, -0.15) is 0 Å². The van der Waals surface area contributed by atoms with Gasteiger partial charge in [0, 0.05) is 19.1 Å². The summed E-state index contributed by atoms with van der Waals surface area (Å²) in [5.41, 5.74) is 7.58. The summed E-state index contributed by atoms with van der Waals surface area (Å²) < 4.78 is 12.8. The fraction of sp³-hybridized carbons (Fsp3) is 0.600. The zero-order chi connectivity index (χ0) is 13.2. The summed E-state index contributed by atoms with van der Waals surface area (Å²) in [6.45, 7) is 4.14. The van der Waals surface area contributed by atoms with Crippen molar-refractivity contribution in [1.82, 2.24) is 4.90 Å². The number of benzene rings is 1. The van der Waals surface area contributed by atoms with Gasteiger partial charge in [-0.05, 0) is 43.0 Å². The number of nitrogens with zero attached hydrogens (tertiary/aromatic N) is 1. The lowest BCUT2D eigenvalue weighted by Gasteiger charge is -2.33. The maximum atomic E-state index is 12.8. The predicted octanol–water partition coefficient (Wildman–Crippen LogP) is 2.78. The molecular formula is C15H23FN2. The van der Waals surface area contributed by atoms with Gasteiger partial charge in [0.25, 0.3) is 0 Å². The van der Waals surface area contributed by atoms with E-state index in [2.05, 4.69) is 18.9 Å². The molecule has 3 heteroatoms. The molecule has 2 rings (SSSR count). The lowest BCUT2D eigenvalue weighted by atomic mass is 9.84. The fourth-order valence-corrected chi connectivity index (χ4v) is 3.03. The van der Waals surface area contributed by atoms with Crippen LogP contribution in [0.2, 0.25) is 0 Å². The largest absolute Gasteiger partial charge is 0.327 e. The second kappa shape index (κ2) is 5.37. The predicted molar refractivity (Wildman–Crippen MR) is 72.7 cm³/mol. The molecule has 100 valence electrons. The third-order valence-electron chi connectivity index (χ3n) is 4.16. The van der Waals surface area contributed by atoms with Crippen molar-refractivity contribution in [2.75, 3.05) is 13.6 Å². The zero-order valence-corrected chi connectivity index (χ0v) is 11.3. The maximum Gasteiger partial charge on any atom is 0.123 e. The van der Waals surface area contributed by atoms with Crippen LogP contribution in [0.25, 0.3) is 0 Å². The fourth-order valence-electron chi connectivity index (χ4n) is 3.03. The molecule has 0 aliphatic heterocycles. The number of hydrogen-bond donors (Lipinski definition) is 1. The van der Waals surface area contributed by atoms with E-state index in [4.69, 9.17) is 5.73 Å². The third kappa shape index (κ3) is 3.09. The summed E-state index contributed by atoms with van der Waals surface area (Å²) in [6, 6.07) is 7.05. The first-order valence-corrected chi connectivity index (χ1v) is 6.68. The van der Waals surface area contributed by atoms with Gasteiger partial charge in [0.15, 0.2) is 0 Å². The molecule has 1 aromatic carbocycles. The molecule has 2 atom stereocenters. The minimum Gasteiger partial charge on any atom is -0.327 e. The molecule has 0 radical (unpaired) electrons. The van der Waals surface area contributed by atoms with Gasteiger partial charge >= 0.3 is 0 Å². The van der Waals surface area contributed by atoms with Gasteiger partial charge in [-0.25, -0.2) is 4.39 Å². The van der Waals surface area contributed by atoms with E-state index in [0.717, 1.165) is 25.1 Å². The van der Waals surface area contributed by atoms with Crippen molar-refractivity contribution in [2.45, 2.75) is 38.8 Å². The summed E-state index contributed by atoms with van der Waals surface area (Å²) in [5.74, 6) is -0.175. The molecule has 1 saturated carbocycles. The van der Waals surface area contributed by atoms with Gasteiger partial charge in [0.05, 0.1) is 0 Å². The van der Waals surface area contributed by atoms with Crippen molar-refractivity contribution < 1.29 is 4.39 Å². The Hall–Kier alpha value is -0.930. The Morgan fingerprint density at radius 2 is 2.06 bits per heavy atom. The normalized spacial score (nSPS) is 27.9. The topological polar surface area (TPSA) is 29.3 Å². The van der Waals surface area contributed by atoms with Gasteiger partial charge in [-0.15, -0.1) is 0 Å². The van der Waals surface area contributed by atoms with Crippen molar-refractivity contribution >= 4 is 0 Å². The van der Waals surface area contributed by atoms with Crippen molar-refractivity contribution in [1.29, 1.82) is 0 Å². The smallest absolute Gasteiger partial charge is 0.123 e. The molecular weight excluding hydrogens is 227 g/mol. The lowest BCUT2D eigenvalue weighted by molar-refractivity contribution is 0.173. The van der Waals surface area contributed by atoms with Crippen LogP contribution >= 0.6 is 0 Å². The average Bonchev–Trinajstić information content (AvgIpc) is 2.62. The molecule has 0 aromatic heterocycles. The molecule has 1 aliphatic carbocycles. The highest BCUT2D eigenvalue weighted by molar-refractivity contribution is 5.15. The molecule has 1 fully saturated rings. The van der Waals surface area contributed by atoms with E-state index < -0.39 is 0 Å². The highest BCUT2D eigenvalue weighted by Gasteiger charge is 2.36. The number of rotatable bonds is 4. The van der Waals surface area contributed by atoms with Gasteiger partial charge in [0.2, 0.25) is 0 Å². The van der Waals surface area contributed by atoms with E-state index in [9.17, 15) is 4.39 Å². The molecule has 0 bridgehead atoms. The van der Waals surface area contributed by atoms with E-state index in [1.54, 1.807) is 0 Å². The Morgan fingerprint density at radius 1 is 1.39 bits per heavy atom. The summed E-state index contributed by atoms with van der Waals surface area (Å²) in [6.07, 6.45) is 3.59. The second-order valence-corrected chi connectivity index (χ2v) is 5.95. The molecule has 2 unspecified atom stereocenters. The molecule has 0 spiro atoms. The Morgan fingerprint density at radius 3 is 2.61 bits per heavy atom. The molecule has 2 nitrogen and oxygen atoms in total. The first kappa shape index (κ1) is 13.5. The SMILES string of the molecule is CN(Cc1ccc(F)cc1)CC1(C)CCCC1N. The summed E-state index contributed by atoms with van der Waals surface area (Å²) >= 11 is 0. The Labute approximate surface area is 109 Å². The van der Waals surface area contributed by atoms with Gasteiger partial charge < -0.3 is 10.6 Å². The molecule has 18 heavy (non-hydrogen) atoms. The van der Waals surface area contributed by atoms with Crippen LogP contribution < -0.4 is 5.73 Å². The van der Waals surface area contributed by atoms with Crippen molar-refractivity contribution in [2.24, 2.45) is 11.1 Å². The van der Waals surface area contributed by atoms with Crippen LogP contribution in [0.1, 0.15) is 31.7 Å². The molecule has 1 aromatic rings. The van der Waals surface area contributed by atoms with Crippen LogP contribution in [0.3, 0.4) is 0 Å². The molecule has 2 N–H and O–H groups in total. The molecule has 0 heterocycles. The summed E-state index contributed by atoms with van der Waals surface area (Å²) in [4.78, 5) is 2.29. The van der Waals surface area contributed by atoms with Crippen LogP contribution in [0, 0.1) is 11.2 Å². The van der Waals surface area contributed by atoms with E-state index in [-0.39, 0.29) is 11.2 Å². The second-order valence-electron chi connectivity index (χ2n) is 5.95. The van der Waals surface area contributed by atoms with Crippen molar-refractivity contribution in [3.05, 3.63) is 35.6 Å². The highest BCUT2D eigenvalue weighted by Crippen LogP contribution is 2.37. The molecule has 0 amide bonds. The van der Waals surface area contributed by atoms with Crippen molar-refractivity contribution in [3.63, 3.8) is 0 Å². The minimum atomic E-state index is -0.175. The zero-order valence-electron chi connectivity index (χ0n) is 11.3. The monoisotopic (exact) mass is 250 g/mol. The van der Waals surface area contributed by atoms with E-state index in [1.165, 1.54) is 25.0 Å². The van der Waals surface area contributed by atoms with E-state index >= 15 is 0 Å². The van der Waals surface area contributed by atoms with E-state index in [1.807, 2.05) is 12.1 Å². The van der Waals surface area contributed by atoms with Crippen LogP contribution in [0.5, 0.6) is 0 Å².